The number of ether oxygens (including phenoxy) is 4. The Kier molecular flexibility index (Phi) is 6.23. The molecule has 4 rings (SSSR count). The van der Waals surface area contributed by atoms with Crippen LogP contribution in [0.5, 0.6) is 11.5 Å². The second-order valence-corrected chi connectivity index (χ2v) is 8.94. The summed E-state index contributed by atoms with van der Waals surface area (Å²) in [5.74, 6) is 0.490. The Morgan fingerprint density at radius 1 is 1.25 bits per heavy atom. The fourth-order valence-electron chi connectivity index (χ4n) is 4.04. The first kappa shape index (κ1) is 22.7. The van der Waals surface area contributed by atoms with Crippen molar-refractivity contribution >= 4 is 17.6 Å². The minimum absolute atomic E-state index is 0.0295. The highest BCUT2D eigenvalue weighted by molar-refractivity contribution is 6.32. The summed E-state index contributed by atoms with van der Waals surface area (Å²) in [6, 6.07) is 5.20. The quantitative estimate of drug-likeness (QED) is 0.418. The summed E-state index contributed by atoms with van der Waals surface area (Å²) in [6.45, 7) is 6.80. The summed E-state index contributed by atoms with van der Waals surface area (Å²) in [5.41, 5.74) is 1.11. The maximum Gasteiger partial charge on any atom is 0.343 e. The first-order chi connectivity index (χ1) is 15.3. The summed E-state index contributed by atoms with van der Waals surface area (Å²) in [5, 5.41) is 0.430. The number of hydrogen-bond acceptors (Lipinski definition) is 6. The van der Waals surface area contributed by atoms with Gasteiger partial charge in [0.15, 0.2) is 0 Å². The average Bonchev–Trinajstić information content (AvgIpc) is 3.56. The SMILES string of the molecule is CCOC(=O)c1cc2c(n(C3CC3)c1=O)-c1cc(Cl)c(OCCCOC)cc1OC2(C)C. The van der Waals surface area contributed by atoms with Crippen molar-refractivity contribution in [1.29, 1.82) is 0 Å². The van der Waals surface area contributed by atoms with Crippen molar-refractivity contribution in [3.63, 3.8) is 0 Å². The second-order valence-electron chi connectivity index (χ2n) is 8.53. The van der Waals surface area contributed by atoms with Gasteiger partial charge in [-0.15, -0.1) is 0 Å². The van der Waals surface area contributed by atoms with Gasteiger partial charge in [0.2, 0.25) is 0 Å². The van der Waals surface area contributed by atoms with E-state index < -0.39 is 11.6 Å². The van der Waals surface area contributed by atoms with Gasteiger partial charge in [-0.05, 0) is 45.7 Å². The van der Waals surface area contributed by atoms with Crippen LogP contribution in [0, 0.1) is 0 Å². The Balaban J connectivity index is 1.86. The predicted octanol–water partition coefficient (Wildman–Crippen LogP) is 4.72. The molecule has 1 aliphatic heterocycles. The first-order valence-electron chi connectivity index (χ1n) is 10.9. The average molecular weight is 462 g/mol. The minimum Gasteiger partial charge on any atom is -0.492 e. The van der Waals surface area contributed by atoms with E-state index in [0.29, 0.717) is 35.3 Å². The molecule has 2 heterocycles. The number of carbonyl (C=O) groups is 1. The van der Waals surface area contributed by atoms with Crippen LogP contribution in [0.15, 0.2) is 23.0 Å². The van der Waals surface area contributed by atoms with E-state index in [2.05, 4.69) is 0 Å². The number of esters is 1. The van der Waals surface area contributed by atoms with Crippen molar-refractivity contribution in [3.8, 4) is 22.8 Å². The lowest BCUT2D eigenvalue weighted by atomic mass is 9.88. The fourth-order valence-corrected chi connectivity index (χ4v) is 4.25. The maximum atomic E-state index is 13.4. The molecular weight excluding hydrogens is 434 g/mol. The molecule has 8 heteroatoms. The van der Waals surface area contributed by atoms with Crippen molar-refractivity contribution in [2.45, 2.75) is 51.7 Å². The molecule has 0 amide bonds. The van der Waals surface area contributed by atoms with E-state index in [0.717, 1.165) is 30.5 Å². The number of benzene rings is 1. The zero-order chi connectivity index (χ0) is 23.0. The van der Waals surface area contributed by atoms with Crippen LogP contribution in [0.1, 0.15) is 62.0 Å². The zero-order valence-electron chi connectivity index (χ0n) is 18.8. The molecule has 32 heavy (non-hydrogen) atoms. The number of pyridine rings is 1. The summed E-state index contributed by atoms with van der Waals surface area (Å²) in [6.07, 6.45) is 2.49. The molecule has 1 aliphatic carbocycles. The lowest BCUT2D eigenvalue weighted by Crippen LogP contribution is -2.37. The summed E-state index contributed by atoms with van der Waals surface area (Å²) in [7, 11) is 1.64. The van der Waals surface area contributed by atoms with Crippen LogP contribution >= 0.6 is 11.6 Å². The Hall–Kier alpha value is -2.51. The van der Waals surface area contributed by atoms with Gasteiger partial charge in [0, 0.05) is 43.4 Å². The number of rotatable bonds is 8. The Bertz CT molecular complexity index is 1100. The highest BCUT2D eigenvalue weighted by Crippen LogP contribution is 2.50. The van der Waals surface area contributed by atoms with E-state index in [-0.39, 0.29) is 23.8 Å². The van der Waals surface area contributed by atoms with Crippen molar-refractivity contribution in [1.82, 2.24) is 4.57 Å². The monoisotopic (exact) mass is 461 g/mol. The molecule has 0 bridgehead atoms. The fraction of sp³-hybridized carbons (Fsp3) is 0.500. The van der Waals surface area contributed by atoms with E-state index in [1.54, 1.807) is 36.8 Å². The van der Waals surface area contributed by atoms with Gasteiger partial charge < -0.3 is 23.5 Å². The molecule has 0 saturated heterocycles. The standard InChI is InChI=1S/C24H28ClNO6/c1-5-30-23(28)16-11-17-21(26(22(16)27)14-7-8-14)15-12-18(25)20(31-10-6-9-29-4)13-19(15)32-24(17,2)3/h11-14H,5-10H2,1-4H3. The van der Waals surface area contributed by atoms with Gasteiger partial charge >= 0.3 is 5.97 Å². The highest BCUT2D eigenvalue weighted by Gasteiger charge is 2.40. The molecule has 2 aliphatic rings. The molecule has 1 fully saturated rings. The van der Waals surface area contributed by atoms with Crippen molar-refractivity contribution in [2.24, 2.45) is 0 Å². The Labute approximate surface area is 192 Å². The molecule has 0 radical (unpaired) electrons. The van der Waals surface area contributed by atoms with Gasteiger partial charge in [0.1, 0.15) is 22.7 Å². The van der Waals surface area contributed by atoms with Crippen molar-refractivity contribution in [3.05, 3.63) is 44.7 Å². The minimum atomic E-state index is -0.783. The molecule has 1 aromatic carbocycles. The third kappa shape index (κ3) is 4.11. The van der Waals surface area contributed by atoms with Crippen LogP contribution in [-0.4, -0.2) is 37.5 Å². The molecule has 0 atom stereocenters. The summed E-state index contributed by atoms with van der Waals surface area (Å²) in [4.78, 5) is 25.9. The highest BCUT2D eigenvalue weighted by atomic mass is 35.5. The number of hydrogen-bond donors (Lipinski definition) is 0. The Morgan fingerprint density at radius 2 is 2.00 bits per heavy atom. The van der Waals surface area contributed by atoms with E-state index in [1.165, 1.54) is 0 Å². The van der Waals surface area contributed by atoms with Crippen molar-refractivity contribution in [2.75, 3.05) is 26.9 Å². The predicted molar refractivity (Wildman–Crippen MR) is 121 cm³/mol. The number of carbonyl (C=O) groups excluding carboxylic acids is 1. The van der Waals surface area contributed by atoms with Crippen LogP contribution in [0.4, 0.5) is 0 Å². The first-order valence-corrected chi connectivity index (χ1v) is 11.3. The Morgan fingerprint density at radius 3 is 2.66 bits per heavy atom. The number of halogens is 1. The zero-order valence-corrected chi connectivity index (χ0v) is 19.6. The molecule has 7 nitrogen and oxygen atoms in total. The molecule has 0 unspecified atom stereocenters. The number of aromatic nitrogens is 1. The summed E-state index contributed by atoms with van der Waals surface area (Å²) >= 11 is 6.55. The largest absolute Gasteiger partial charge is 0.492 e. The normalized spacial score (nSPS) is 16.0. The molecular formula is C24H28ClNO6. The maximum absolute atomic E-state index is 13.4. The van der Waals surface area contributed by atoms with Crippen LogP contribution in [0.2, 0.25) is 5.02 Å². The number of fused-ring (bicyclic) bond motifs is 3. The van der Waals surface area contributed by atoms with E-state index >= 15 is 0 Å². The number of nitrogens with zero attached hydrogens (tertiary/aromatic N) is 1. The van der Waals surface area contributed by atoms with Gasteiger partial charge in [0.05, 0.1) is 23.9 Å². The van der Waals surface area contributed by atoms with E-state index in [4.69, 9.17) is 30.5 Å². The topological polar surface area (TPSA) is 76.0 Å². The van der Waals surface area contributed by atoms with Crippen LogP contribution < -0.4 is 15.0 Å². The lowest BCUT2D eigenvalue weighted by molar-refractivity contribution is 0.0522. The van der Waals surface area contributed by atoms with Gasteiger partial charge in [-0.3, -0.25) is 4.79 Å². The molecule has 0 N–H and O–H groups in total. The third-order valence-corrected chi connectivity index (χ3v) is 5.99. The summed E-state index contributed by atoms with van der Waals surface area (Å²) < 4.78 is 24.1. The molecule has 1 saturated carbocycles. The van der Waals surface area contributed by atoms with Crippen LogP contribution in [0.25, 0.3) is 11.3 Å². The third-order valence-electron chi connectivity index (χ3n) is 5.69. The lowest BCUT2D eigenvalue weighted by Gasteiger charge is -2.36. The number of methoxy groups -OCH3 is 1. The van der Waals surface area contributed by atoms with E-state index in [1.807, 2.05) is 13.8 Å². The molecule has 172 valence electrons. The van der Waals surface area contributed by atoms with Gasteiger partial charge in [-0.1, -0.05) is 11.6 Å². The van der Waals surface area contributed by atoms with Gasteiger partial charge in [-0.25, -0.2) is 4.79 Å². The van der Waals surface area contributed by atoms with E-state index in [9.17, 15) is 9.59 Å². The van der Waals surface area contributed by atoms with Gasteiger partial charge in [0.25, 0.3) is 5.56 Å². The smallest absolute Gasteiger partial charge is 0.343 e. The van der Waals surface area contributed by atoms with Crippen molar-refractivity contribution < 1.29 is 23.7 Å². The van der Waals surface area contributed by atoms with Crippen LogP contribution in [0.3, 0.4) is 0 Å². The second kappa shape index (κ2) is 8.79. The van der Waals surface area contributed by atoms with Gasteiger partial charge in [-0.2, -0.15) is 0 Å². The molecule has 1 aromatic heterocycles. The van der Waals surface area contributed by atoms with Crippen LogP contribution in [-0.2, 0) is 15.1 Å². The molecule has 2 aromatic rings. The molecule has 0 spiro atoms.